The number of benzene rings is 1. The number of ether oxygens (including phenoxy) is 1. The number of piperazine rings is 1. The molecule has 1 aromatic rings. The number of hydrogen-bond donors (Lipinski definition) is 1. The molecule has 0 aliphatic carbocycles. The Bertz CT molecular complexity index is 772. The van der Waals surface area contributed by atoms with Gasteiger partial charge in [-0.3, -0.25) is 4.79 Å². The summed E-state index contributed by atoms with van der Waals surface area (Å²) in [5.41, 5.74) is 2.96. The first-order chi connectivity index (χ1) is 12.7. The van der Waals surface area contributed by atoms with Crippen LogP contribution in [0.15, 0.2) is 24.4 Å². The van der Waals surface area contributed by atoms with Crippen LogP contribution in [0.1, 0.15) is 26.3 Å². The Hall–Kier alpha value is -2.70. The molecular weight excluding hydrogens is 344 g/mol. The fourth-order valence-electron chi connectivity index (χ4n) is 3.33. The first kappa shape index (κ1) is 19.1. The first-order valence-corrected chi connectivity index (χ1v) is 9.21. The Morgan fingerprint density at radius 3 is 2.44 bits per heavy atom. The fraction of sp³-hybridized carbons (Fsp3) is 0.500. The molecule has 27 heavy (non-hydrogen) atoms. The minimum Gasteiger partial charge on any atom is -0.444 e. The Balaban J connectivity index is 1.78. The Labute approximate surface area is 160 Å². The maximum Gasteiger partial charge on any atom is 0.410 e. The van der Waals surface area contributed by atoms with Crippen molar-refractivity contribution < 1.29 is 14.3 Å². The molecule has 0 bridgehead atoms. The van der Waals surface area contributed by atoms with E-state index in [-0.39, 0.29) is 12.0 Å². The first-order valence-electron chi connectivity index (χ1n) is 9.21. The molecule has 2 amide bonds. The molecule has 0 atom stereocenters. The average Bonchev–Trinajstić information content (AvgIpc) is 2.88. The highest BCUT2D eigenvalue weighted by Gasteiger charge is 2.31. The van der Waals surface area contributed by atoms with Crippen molar-refractivity contribution in [2.75, 3.05) is 50.5 Å². The standard InChI is InChI=1S/C20H28N4O3/c1-20(2,3)27-19(26)24-11-9-23(10-12-24)16-8-6-7-15-17(16)14(13-22(4)5)18(25)21-15/h6-8,13H,9-12H2,1-5H3,(H,21,25). The maximum absolute atomic E-state index is 12.4. The van der Waals surface area contributed by atoms with Crippen molar-refractivity contribution in [1.82, 2.24) is 9.80 Å². The molecule has 1 fully saturated rings. The molecule has 1 N–H and O–H groups in total. The van der Waals surface area contributed by atoms with Gasteiger partial charge in [-0.25, -0.2) is 4.79 Å². The van der Waals surface area contributed by atoms with E-state index in [2.05, 4.69) is 10.2 Å². The number of anilines is 2. The topological polar surface area (TPSA) is 65.1 Å². The lowest BCUT2D eigenvalue weighted by atomic mass is 10.0. The number of nitrogens with zero attached hydrogens (tertiary/aromatic N) is 3. The van der Waals surface area contributed by atoms with Gasteiger partial charge < -0.3 is 24.8 Å². The molecule has 0 radical (unpaired) electrons. The van der Waals surface area contributed by atoms with E-state index in [0.717, 1.165) is 16.9 Å². The second-order valence-corrected chi connectivity index (χ2v) is 8.11. The van der Waals surface area contributed by atoms with E-state index in [9.17, 15) is 9.59 Å². The molecule has 3 rings (SSSR count). The molecule has 1 saturated heterocycles. The van der Waals surface area contributed by atoms with Gasteiger partial charge in [-0.1, -0.05) is 6.07 Å². The van der Waals surface area contributed by atoms with Gasteiger partial charge in [0, 0.05) is 57.7 Å². The number of nitrogens with one attached hydrogen (secondary N) is 1. The highest BCUT2D eigenvalue weighted by molar-refractivity contribution is 6.33. The van der Waals surface area contributed by atoms with Crippen molar-refractivity contribution >= 4 is 28.9 Å². The highest BCUT2D eigenvalue weighted by atomic mass is 16.6. The predicted molar refractivity (Wildman–Crippen MR) is 107 cm³/mol. The van der Waals surface area contributed by atoms with Crippen molar-refractivity contribution in [1.29, 1.82) is 0 Å². The summed E-state index contributed by atoms with van der Waals surface area (Å²) in [6.45, 7) is 8.18. The molecule has 7 nitrogen and oxygen atoms in total. The van der Waals surface area contributed by atoms with E-state index in [1.165, 1.54) is 0 Å². The lowest BCUT2D eigenvalue weighted by Gasteiger charge is -2.37. The van der Waals surface area contributed by atoms with Crippen molar-refractivity contribution in [3.63, 3.8) is 0 Å². The highest BCUT2D eigenvalue weighted by Crippen LogP contribution is 2.39. The molecule has 2 aliphatic heterocycles. The van der Waals surface area contributed by atoms with Crippen LogP contribution < -0.4 is 10.2 Å². The summed E-state index contributed by atoms with van der Waals surface area (Å²) in [5, 5.41) is 2.94. The molecule has 0 saturated carbocycles. The molecular formula is C20H28N4O3. The summed E-state index contributed by atoms with van der Waals surface area (Å²) in [6.07, 6.45) is 1.58. The van der Waals surface area contributed by atoms with Crippen LogP contribution in [0, 0.1) is 0 Å². The van der Waals surface area contributed by atoms with Crippen LogP contribution >= 0.6 is 0 Å². The average molecular weight is 372 g/mol. The molecule has 146 valence electrons. The van der Waals surface area contributed by atoms with Gasteiger partial charge in [0.05, 0.1) is 11.3 Å². The minimum atomic E-state index is -0.494. The van der Waals surface area contributed by atoms with Gasteiger partial charge >= 0.3 is 6.09 Å². The van der Waals surface area contributed by atoms with E-state index in [1.54, 1.807) is 4.90 Å². The normalized spacial score (nSPS) is 18.4. The predicted octanol–water partition coefficient (Wildman–Crippen LogP) is 2.60. The lowest BCUT2D eigenvalue weighted by Crippen LogP contribution is -2.50. The van der Waals surface area contributed by atoms with Crippen molar-refractivity contribution in [2.45, 2.75) is 26.4 Å². The molecule has 7 heteroatoms. The third-order valence-electron chi connectivity index (χ3n) is 4.46. The fourth-order valence-corrected chi connectivity index (χ4v) is 3.33. The van der Waals surface area contributed by atoms with E-state index >= 15 is 0 Å². The minimum absolute atomic E-state index is 0.0847. The van der Waals surface area contributed by atoms with E-state index in [0.29, 0.717) is 31.8 Å². The largest absolute Gasteiger partial charge is 0.444 e. The second-order valence-electron chi connectivity index (χ2n) is 8.11. The second kappa shape index (κ2) is 7.13. The molecule has 1 aromatic carbocycles. The van der Waals surface area contributed by atoms with Gasteiger partial charge in [0.1, 0.15) is 5.60 Å². The van der Waals surface area contributed by atoms with Crippen LogP contribution in [0.25, 0.3) is 5.57 Å². The van der Waals surface area contributed by atoms with Gasteiger partial charge in [-0.2, -0.15) is 0 Å². The van der Waals surface area contributed by atoms with Gasteiger partial charge in [0.2, 0.25) is 0 Å². The van der Waals surface area contributed by atoms with Gasteiger partial charge in [-0.15, -0.1) is 0 Å². The van der Waals surface area contributed by atoms with Crippen LogP contribution in [0.3, 0.4) is 0 Å². The van der Waals surface area contributed by atoms with E-state index < -0.39 is 5.60 Å². The molecule has 2 aliphatic rings. The Morgan fingerprint density at radius 2 is 1.85 bits per heavy atom. The van der Waals surface area contributed by atoms with Crippen LogP contribution in [0.4, 0.5) is 16.2 Å². The Morgan fingerprint density at radius 1 is 1.19 bits per heavy atom. The number of fused-ring (bicyclic) bond motifs is 1. The zero-order valence-corrected chi connectivity index (χ0v) is 16.7. The molecule has 0 aromatic heterocycles. The SMILES string of the molecule is CN(C)C=C1C(=O)Nc2cccc(N3CCN(C(=O)OC(C)(C)C)CC3)c21. The van der Waals surface area contributed by atoms with Crippen LogP contribution in [0.5, 0.6) is 0 Å². The van der Waals surface area contributed by atoms with E-state index in [1.807, 2.05) is 64.2 Å². The number of amides is 2. The summed E-state index contributed by atoms with van der Waals surface area (Å²) >= 11 is 0. The summed E-state index contributed by atoms with van der Waals surface area (Å²) in [7, 11) is 3.81. The summed E-state index contributed by atoms with van der Waals surface area (Å²) in [5.74, 6) is -0.0847. The zero-order valence-electron chi connectivity index (χ0n) is 16.7. The van der Waals surface area contributed by atoms with Crippen molar-refractivity contribution in [2.24, 2.45) is 0 Å². The number of carbonyl (C=O) groups excluding carboxylic acids is 2. The third kappa shape index (κ3) is 4.18. The maximum atomic E-state index is 12.4. The summed E-state index contributed by atoms with van der Waals surface area (Å²) < 4.78 is 5.47. The lowest BCUT2D eigenvalue weighted by molar-refractivity contribution is -0.110. The van der Waals surface area contributed by atoms with Gasteiger partial charge in [0.25, 0.3) is 5.91 Å². The molecule has 2 heterocycles. The Kier molecular flexibility index (Phi) is 5.04. The van der Waals surface area contributed by atoms with Crippen LogP contribution in [-0.4, -0.2) is 67.7 Å². The quantitative estimate of drug-likeness (QED) is 0.809. The van der Waals surface area contributed by atoms with Crippen molar-refractivity contribution in [3.05, 3.63) is 30.0 Å². The van der Waals surface area contributed by atoms with E-state index in [4.69, 9.17) is 4.74 Å². The number of hydrogen-bond acceptors (Lipinski definition) is 5. The molecule has 0 spiro atoms. The molecule has 0 unspecified atom stereocenters. The van der Waals surface area contributed by atoms with Crippen LogP contribution in [0.2, 0.25) is 0 Å². The summed E-state index contributed by atoms with van der Waals surface area (Å²) in [4.78, 5) is 30.5. The number of carbonyl (C=O) groups is 2. The van der Waals surface area contributed by atoms with Gasteiger partial charge in [0.15, 0.2) is 0 Å². The van der Waals surface area contributed by atoms with Gasteiger partial charge in [-0.05, 0) is 32.9 Å². The smallest absolute Gasteiger partial charge is 0.410 e. The number of rotatable bonds is 2. The zero-order chi connectivity index (χ0) is 19.8. The third-order valence-corrected chi connectivity index (χ3v) is 4.46. The summed E-state index contributed by atoms with van der Waals surface area (Å²) in [6, 6.07) is 5.91. The van der Waals surface area contributed by atoms with Crippen LogP contribution in [-0.2, 0) is 9.53 Å². The van der Waals surface area contributed by atoms with Crippen molar-refractivity contribution in [3.8, 4) is 0 Å². The monoisotopic (exact) mass is 372 g/mol.